The average molecular weight is 498 g/mol. The minimum absolute atomic E-state index is 0.0320. The molecule has 190 valence electrons. The molecule has 0 saturated carbocycles. The molecule has 7 nitrogen and oxygen atoms in total. The average Bonchev–Trinajstić information content (AvgIpc) is 3.20. The Kier molecular flexibility index (Phi) is 7.95. The van der Waals surface area contributed by atoms with E-state index >= 15 is 0 Å². The van der Waals surface area contributed by atoms with Crippen LogP contribution in [0.5, 0.6) is 5.75 Å². The third-order valence-electron chi connectivity index (χ3n) is 7.12. The van der Waals surface area contributed by atoms with Gasteiger partial charge in [-0.05, 0) is 73.6 Å². The van der Waals surface area contributed by atoms with Crippen molar-refractivity contribution in [2.75, 3.05) is 26.4 Å². The van der Waals surface area contributed by atoms with Crippen molar-refractivity contribution >= 4 is 19.2 Å². The highest BCUT2D eigenvalue weighted by Gasteiger charge is 2.39. The molecule has 0 bridgehead atoms. The van der Waals surface area contributed by atoms with Crippen LogP contribution in [0.25, 0.3) is 22.2 Å². The van der Waals surface area contributed by atoms with E-state index in [1.165, 1.54) is 0 Å². The fourth-order valence-electron chi connectivity index (χ4n) is 4.09. The second kappa shape index (κ2) is 10.8. The molecule has 1 aliphatic heterocycles. The van der Waals surface area contributed by atoms with Crippen molar-refractivity contribution in [2.45, 2.75) is 70.8 Å². The Morgan fingerprint density at radius 1 is 1.14 bits per heavy atom. The van der Waals surface area contributed by atoms with Crippen LogP contribution >= 0.6 is 0 Å². The van der Waals surface area contributed by atoms with E-state index in [4.69, 9.17) is 24.1 Å². The second-order valence-electron chi connectivity index (χ2n) is 10.8. The van der Waals surface area contributed by atoms with Crippen LogP contribution in [0.3, 0.4) is 0 Å². The molecule has 3 heterocycles. The van der Waals surface area contributed by atoms with Gasteiger partial charge in [-0.1, -0.05) is 20.8 Å². The first-order chi connectivity index (χ1) is 16.7. The zero-order valence-electron chi connectivity index (χ0n) is 21.7. The molecule has 0 spiro atoms. The van der Waals surface area contributed by atoms with Gasteiger partial charge in [0.2, 0.25) is 8.32 Å². The lowest BCUT2D eigenvalue weighted by Gasteiger charge is -2.36. The lowest BCUT2D eigenvalue weighted by Crippen LogP contribution is -2.43. The molecule has 4 rings (SSSR count). The Morgan fingerprint density at radius 3 is 2.69 bits per heavy atom. The molecule has 1 N–H and O–H groups in total. The van der Waals surface area contributed by atoms with Gasteiger partial charge in [0, 0.05) is 30.0 Å². The summed E-state index contributed by atoms with van der Waals surface area (Å²) in [7, 11) is -1.98. The van der Waals surface area contributed by atoms with Crippen LogP contribution in [-0.4, -0.2) is 54.6 Å². The highest BCUT2D eigenvalue weighted by atomic mass is 28.4. The van der Waals surface area contributed by atoms with Crippen molar-refractivity contribution in [2.24, 2.45) is 0 Å². The largest absolute Gasteiger partial charge is 0.543 e. The van der Waals surface area contributed by atoms with Gasteiger partial charge in [-0.2, -0.15) is 5.10 Å². The molecule has 1 atom stereocenters. The van der Waals surface area contributed by atoms with E-state index in [1.54, 1.807) is 0 Å². The van der Waals surface area contributed by atoms with Crippen LogP contribution in [0.2, 0.25) is 18.1 Å². The molecule has 1 fully saturated rings. The van der Waals surface area contributed by atoms with E-state index in [0.717, 1.165) is 65.8 Å². The van der Waals surface area contributed by atoms with E-state index in [-0.39, 0.29) is 17.9 Å². The van der Waals surface area contributed by atoms with Crippen LogP contribution in [0, 0.1) is 0 Å². The predicted octanol–water partition coefficient (Wildman–Crippen LogP) is 5.73. The van der Waals surface area contributed by atoms with Gasteiger partial charge in [-0.3, -0.25) is 4.98 Å². The first kappa shape index (κ1) is 25.8. The highest BCUT2D eigenvalue weighted by molar-refractivity contribution is 6.74. The van der Waals surface area contributed by atoms with Crippen molar-refractivity contribution in [3.63, 3.8) is 0 Å². The summed E-state index contributed by atoms with van der Waals surface area (Å²) in [6.45, 7) is 13.0. The van der Waals surface area contributed by atoms with Gasteiger partial charge in [0.15, 0.2) is 6.23 Å². The Labute approximate surface area is 209 Å². The topological polar surface area (TPSA) is 78.6 Å². The van der Waals surface area contributed by atoms with E-state index < -0.39 is 8.32 Å². The summed E-state index contributed by atoms with van der Waals surface area (Å²) in [5.74, 6) is 0.885. The normalized spacial score (nSPS) is 17.1. The van der Waals surface area contributed by atoms with Crippen molar-refractivity contribution < 1.29 is 19.0 Å². The van der Waals surface area contributed by atoms with Crippen molar-refractivity contribution in [3.8, 4) is 17.0 Å². The molecule has 0 aliphatic carbocycles. The summed E-state index contributed by atoms with van der Waals surface area (Å²) in [6.07, 6.45) is 7.59. The van der Waals surface area contributed by atoms with Crippen LogP contribution in [-0.2, 0) is 15.9 Å². The minimum Gasteiger partial charge on any atom is -0.543 e. The molecular weight excluding hydrogens is 458 g/mol. The second-order valence-corrected chi connectivity index (χ2v) is 15.5. The zero-order valence-corrected chi connectivity index (χ0v) is 22.7. The Morgan fingerprint density at radius 2 is 1.97 bits per heavy atom. The fraction of sp³-hybridized carbons (Fsp3) is 0.556. The van der Waals surface area contributed by atoms with Gasteiger partial charge in [0.05, 0.1) is 25.3 Å². The summed E-state index contributed by atoms with van der Waals surface area (Å²) in [6, 6.07) is 8.45. The highest BCUT2D eigenvalue weighted by Crippen LogP contribution is 2.39. The van der Waals surface area contributed by atoms with Crippen molar-refractivity contribution in [3.05, 3.63) is 42.2 Å². The number of benzene rings is 1. The summed E-state index contributed by atoms with van der Waals surface area (Å²) >= 11 is 0. The number of nitrogens with zero attached hydrogens (tertiary/aromatic N) is 3. The number of aliphatic hydroxyl groups is 1. The van der Waals surface area contributed by atoms with Crippen LogP contribution in [0.1, 0.15) is 51.8 Å². The molecule has 1 saturated heterocycles. The Balaban J connectivity index is 1.73. The van der Waals surface area contributed by atoms with E-state index in [2.05, 4.69) is 63.1 Å². The fourth-order valence-corrected chi connectivity index (χ4v) is 5.11. The van der Waals surface area contributed by atoms with Gasteiger partial charge >= 0.3 is 0 Å². The smallest absolute Gasteiger partial charge is 0.250 e. The van der Waals surface area contributed by atoms with E-state index in [0.29, 0.717) is 13.2 Å². The summed E-state index contributed by atoms with van der Waals surface area (Å²) < 4.78 is 20.2. The number of aliphatic hydroxyl groups excluding tert-OH is 1. The summed E-state index contributed by atoms with van der Waals surface area (Å²) in [4.78, 5) is 4.49. The molecule has 1 aromatic carbocycles. The molecule has 2 aromatic heterocycles. The number of rotatable bonds is 9. The van der Waals surface area contributed by atoms with Gasteiger partial charge in [-0.25, -0.2) is 4.68 Å². The molecule has 1 unspecified atom stereocenters. The Hall–Kier alpha value is -2.26. The number of pyridine rings is 1. The number of hydrogen-bond donors (Lipinski definition) is 1. The minimum atomic E-state index is -1.98. The van der Waals surface area contributed by atoms with E-state index in [9.17, 15) is 0 Å². The summed E-state index contributed by atoms with van der Waals surface area (Å²) in [5, 5.41) is 15.2. The number of aromatic nitrogens is 3. The maximum atomic E-state index is 8.94. The van der Waals surface area contributed by atoms with Crippen LogP contribution in [0.4, 0.5) is 0 Å². The first-order valence-corrected chi connectivity index (χ1v) is 15.6. The molecule has 0 radical (unpaired) electrons. The molecular formula is C27H39N3O4Si. The maximum absolute atomic E-state index is 8.94. The standard InChI is InChI=1S/C27H39N3O4Si/c1-27(2,3)35(4,5)34-22-9-10-24-23(17-22)26(29-30(24)25-8-6-7-13-33-25)21-16-20(18-28-19-21)11-14-32-15-12-31/h9-10,16-19,25,31H,6-8,11-15H2,1-5H3. The van der Waals surface area contributed by atoms with Gasteiger partial charge in [-0.15, -0.1) is 0 Å². The predicted molar refractivity (Wildman–Crippen MR) is 141 cm³/mol. The number of fused-ring (bicyclic) bond motifs is 1. The Bertz CT molecular complexity index is 1130. The molecule has 8 heteroatoms. The van der Waals surface area contributed by atoms with Crippen molar-refractivity contribution in [1.82, 2.24) is 14.8 Å². The zero-order chi connectivity index (χ0) is 25.1. The van der Waals surface area contributed by atoms with Gasteiger partial charge in [0.1, 0.15) is 11.4 Å². The molecule has 3 aromatic rings. The third kappa shape index (κ3) is 5.94. The van der Waals surface area contributed by atoms with E-state index in [1.807, 2.05) is 17.1 Å². The monoisotopic (exact) mass is 497 g/mol. The quantitative estimate of drug-likeness (QED) is 0.300. The van der Waals surface area contributed by atoms with Gasteiger partial charge < -0.3 is 19.0 Å². The lowest BCUT2D eigenvalue weighted by atomic mass is 10.1. The van der Waals surface area contributed by atoms with Crippen LogP contribution in [0.15, 0.2) is 36.7 Å². The SMILES string of the molecule is CC(C)(C)[Si](C)(C)Oc1ccc2c(c1)c(-c1cncc(CCOCCO)c1)nn2C1CCCCO1. The van der Waals surface area contributed by atoms with Crippen molar-refractivity contribution in [1.29, 1.82) is 0 Å². The third-order valence-corrected chi connectivity index (χ3v) is 11.5. The van der Waals surface area contributed by atoms with Gasteiger partial charge in [0.25, 0.3) is 0 Å². The lowest BCUT2D eigenvalue weighted by molar-refractivity contribution is -0.0365. The van der Waals surface area contributed by atoms with Crippen LogP contribution < -0.4 is 4.43 Å². The number of hydrogen-bond acceptors (Lipinski definition) is 6. The maximum Gasteiger partial charge on any atom is 0.250 e. The number of ether oxygens (including phenoxy) is 2. The summed E-state index contributed by atoms with van der Waals surface area (Å²) in [5.41, 5.74) is 3.98. The molecule has 0 amide bonds. The first-order valence-electron chi connectivity index (χ1n) is 12.7. The molecule has 1 aliphatic rings. The molecule has 35 heavy (non-hydrogen) atoms.